The van der Waals surface area contributed by atoms with Gasteiger partial charge in [-0.25, -0.2) is 0 Å². The van der Waals surface area contributed by atoms with Crippen LogP contribution in [0.5, 0.6) is 0 Å². The van der Waals surface area contributed by atoms with Gasteiger partial charge in [0.15, 0.2) is 0 Å². The lowest BCUT2D eigenvalue weighted by molar-refractivity contribution is 0.201. The topological polar surface area (TPSA) is 15.3 Å². The van der Waals surface area contributed by atoms with Gasteiger partial charge in [-0.3, -0.25) is 0 Å². The van der Waals surface area contributed by atoms with Gasteiger partial charge in [0.05, 0.1) is 0 Å². The summed E-state index contributed by atoms with van der Waals surface area (Å²) < 4.78 is 0. The minimum Gasteiger partial charge on any atom is -0.314 e. The Kier molecular flexibility index (Phi) is 6.65. The smallest absolute Gasteiger partial charge is 0.0128 e. The molecule has 108 valence electrons. The van der Waals surface area contributed by atoms with E-state index in [9.17, 15) is 0 Å². The van der Waals surface area contributed by atoms with E-state index in [1.807, 2.05) is 0 Å². The molecule has 1 rings (SSSR count). The first-order chi connectivity index (χ1) is 8.47. The predicted octanol–water partition coefficient (Wildman–Crippen LogP) is 3.52. The van der Waals surface area contributed by atoms with Crippen LogP contribution in [-0.2, 0) is 0 Å². The summed E-state index contributed by atoms with van der Waals surface area (Å²) in [5, 5.41) is 3.66. The van der Waals surface area contributed by atoms with Crippen molar-refractivity contribution in [3.8, 4) is 0 Å². The summed E-state index contributed by atoms with van der Waals surface area (Å²) in [7, 11) is 0. The molecular formula is C16H34N2. The molecule has 1 fully saturated rings. The Bertz CT molecular complexity index is 216. The number of hydrogen-bond donors (Lipinski definition) is 1. The third kappa shape index (κ3) is 6.19. The molecule has 0 aromatic heterocycles. The third-order valence-corrected chi connectivity index (χ3v) is 3.98. The van der Waals surface area contributed by atoms with E-state index in [-0.39, 0.29) is 0 Å². The zero-order valence-corrected chi connectivity index (χ0v) is 13.3. The Morgan fingerprint density at radius 1 is 1.17 bits per heavy atom. The van der Waals surface area contributed by atoms with Crippen molar-refractivity contribution in [1.29, 1.82) is 0 Å². The molecule has 2 heteroatoms. The zero-order valence-electron chi connectivity index (χ0n) is 13.3. The third-order valence-electron chi connectivity index (χ3n) is 3.98. The second-order valence-electron chi connectivity index (χ2n) is 7.01. The molecule has 0 amide bonds. The van der Waals surface area contributed by atoms with Crippen molar-refractivity contribution < 1.29 is 0 Å². The summed E-state index contributed by atoms with van der Waals surface area (Å²) in [6.45, 7) is 16.5. The Hall–Kier alpha value is -0.0800. The maximum atomic E-state index is 3.66. The van der Waals surface area contributed by atoms with Gasteiger partial charge in [0.1, 0.15) is 0 Å². The molecule has 0 aromatic carbocycles. The standard InChI is InChI=1S/C16H34N2/c1-6-11-18(13-14-8-9-14)12-10-15(17-7-2)16(3,4)5/h14-15,17H,6-13H2,1-5H3. The van der Waals surface area contributed by atoms with Gasteiger partial charge in [-0.1, -0.05) is 34.6 Å². The number of nitrogens with one attached hydrogen (secondary N) is 1. The number of nitrogens with zero attached hydrogens (tertiary/aromatic N) is 1. The van der Waals surface area contributed by atoms with Gasteiger partial charge in [0.25, 0.3) is 0 Å². The van der Waals surface area contributed by atoms with Crippen LogP contribution < -0.4 is 5.32 Å². The Labute approximate surface area is 115 Å². The lowest BCUT2D eigenvalue weighted by Gasteiger charge is -2.33. The van der Waals surface area contributed by atoms with Gasteiger partial charge < -0.3 is 10.2 Å². The maximum Gasteiger partial charge on any atom is 0.0128 e. The van der Waals surface area contributed by atoms with Crippen molar-refractivity contribution in [3.63, 3.8) is 0 Å². The fraction of sp³-hybridized carbons (Fsp3) is 1.00. The molecule has 0 heterocycles. The van der Waals surface area contributed by atoms with Gasteiger partial charge in [-0.05, 0) is 56.7 Å². The molecule has 0 saturated heterocycles. The first-order valence-electron chi connectivity index (χ1n) is 7.93. The van der Waals surface area contributed by atoms with Crippen LogP contribution in [-0.4, -0.2) is 37.1 Å². The average molecular weight is 254 g/mol. The highest BCUT2D eigenvalue weighted by atomic mass is 15.1. The van der Waals surface area contributed by atoms with Crippen LogP contribution in [0.2, 0.25) is 0 Å². The van der Waals surface area contributed by atoms with Gasteiger partial charge in [-0.15, -0.1) is 0 Å². The van der Waals surface area contributed by atoms with Crippen molar-refractivity contribution in [2.45, 2.75) is 66.3 Å². The minimum atomic E-state index is 0.369. The fourth-order valence-electron chi connectivity index (χ4n) is 2.68. The van der Waals surface area contributed by atoms with Crippen LogP contribution in [0.1, 0.15) is 60.3 Å². The quantitative estimate of drug-likeness (QED) is 0.677. The van der Waals surface area contributed by atoms with Crippen molar-refractivity contribution >= 4 is 0 Å². The van der Waals surface area contributed by atoms with Gasteiger partial charge in [0, 0.05) is 12.6 Å². The van der Waals surface area contributed by atoms with E-state index in [0.717, 1.165) is 12.5 Å². The second kappa shape index (κ2) is 7.49. The SMILES string of the molecule is CCCN(CCC(NCC)C(C)(C)C)CC1CC1. The molecule has 0 bridgehead atoms. The fourth-order valence-corrected chi connectivity index (χ4v) is 2.68. The van der Waals surface area contributed by atoms with Crippen molar-refractivity contribution in [2.75, 3.05) is 26.2 Å². The Morgan fingerprint density at radius 2 is 1.83 bits per heavy atom. The van der Waals surface area contributed by atoms with Gasteiger partial charge in [-0.2, -0.15) is 0 Å². The first-order valence-corrected chi connectivity index (χ1v) is 7.93. The normalized spacial score (nSPS) is 18.3. The molecular weight excluding hydrogens is 220 g/mol. The number of hydrogen-bond acceptors (Lipinski definition) is 2. The van der Waals surface area contributed by atoms with E-state index < -0.39 is 0 Å². The zero-order chi connectivity index (χ0) is 13.6. The van der Waals surface area contributed by atoms with E-state index >= 15 is 0 Å². The molecule has 0 radical (unpaired) electrons. The first kappa shape index (κ1) is 16.0. The van der Waals surface area contributed by atoms with Crippen LogP contribution in [0, 0.1) is 11.3 Å². The van der Waals surface area contributed by atoms with Crippen molar-refractivity contribution in [1.82, 2.24) is 10.2 Å². The average Bonchev–Trinajstić information content (AvgIpc) is 3.06. The van der Waals surface area contributed by atoms with Crippen LogP contribution in [0.15, 0.2) is 0 Å². The molecule has 1 saturated carbocycles. The molecule has 1 atom stereocenters. The summed E-state index contributed by atoms with van der Waals surface area (Å²) in [5.74, 6) is 1.02. The molecule has 2 nitrogen and oxygen atoms in total. The van der Waals surface area contributed by atoms with E-state index in [1.165, 1.54) is 45.3 Å². The summed E-state index contributed by atoms with van der Waals surface area (Å²) in [5.41, 5.74) is 0.369. The van der Waals surface area contributed by atoms with Gasteiger partial charge >= 0.3 is 0 Å². The Balaban J connectivity index is 2.36. The highest BCUT2D eigenvalue weighted by molar-refractivity contribution is 4.83. The lowest BCUT2D eigenvalue weighted by Crippen LogP contribution is -2.43. The summed E-state index contributed by atoms with van der Waals surface area (Å²) >= 11 is 0. The monoisotopic (exact) mass is 254 g/mol. The molecule has 0 aliphatic heterocycles. The molecule has 0 spiro atoms. The van der Waals surface area contributed by atoms with E-state index in [4.69, 9.17) is 0 Å². The lowest BCUT2D eigenvalue weighted by atomic mass is 9.84. The highest BCUT2D eigenvalue weighted by Gasteiger charge is 2.26. The van der Waals surface area contributed by atoms with Crippen LogP contribution >= 0.6 is 0 Å². The van der Waals surface area contributed by atoms with E-state index in [1.54, 1.807) is 0 Å². The van der Waals surface area contributed by atoms with Gasteiger partial charge in [0.2, 0.25) is 0 Å². The maximum absolute atomic E-state index is 3.66. The van der Waals surface area contributed by atoms with E-state index in [0.29, 0.717) is 11.5 Å². The minimum absolute atomic E-state index is 0.369. The van der Waals surface area contributed by atoms with Crippen LogP contribution in [0.3, 0.4) is 0 Å². The molecule has 1 aliphatic carbocycles. The Morgan fingerprint density at radius 3 is 2.28 bits per heavy atom. The van der Waals surface area contributed by atoms with Crippen LogP contribution in [0.25, 0.3) is 0 Å². The largest absolute Gasteiger partial charge is 0.314 e. The van der Waals surface area contributed by atoms with Crippen molar-refractivity contribution in [2.24, 2.45) is 11.3 Å². The van der Waals surface area contributed by atoms with Crippen LogP contribution in [0.4, 0.5) is 0 Å². The van der Waals surface area contributed by atoms with Crippen molar-refractivity contribution in [3.05, 3.63) is 0 Å². The summed E-state index contributed by atoms with van der Waals surface area (Å²) in [6, 6.07) is 0.640. The highest BCUT2D eigenvalue weighted by Crippen LogP contribution is 2.30. The molecule has 18 heavy (non-hydrogen) atoms. The molecule has 1 unspecified atom stereocenters. The second-order valence-corrected chi connectivity index (χ2v) is 7.01. The summed E-state index contributed by atoms with van der Waals surface area (Å²) in [4.78, 5) is 2.69. The summed E-state index contributed by atoms with van der Waals surface area (Å²) in [6.07, 6.45) is 5.50. The molecule has 1 aliphatic rings. The predicted molar refractivity (Wildman–Crippen MR) is 81.0 cm³/mol. The molecule has 1 N–H and O–H groups in total. The van der Waals surface area contributed by atoms with E-state index in [2.05, 4.69) is 44.8 Å². The molecule has 0 aromatic rings. The number of rotatable bonds is 9.